The first-order chi connectivity index (χ1) is 10.1. The van der Waals surface area contributed by atoms with Crippen LogP contribution in [0.1, 0.15) is 13.3 Å². The molecule has 0 bridgehead atoms. The van der Waals surface area contributed by atoms with Crippen LogP contribution in [0, 0.1) is 0 Å². The molecule has 0 radical (unpaired) electrons. The maximum atomic E-state index is 12.1. The van der Waals surface area contributed by atoms with Crippen LogP contribution in [-0.4, -0.2) is 49.6 Å². The average molecular weight is 292 g/mol. The van der Waals surface area contributed by atoms with E-state index in [4.69, 9.17) is 9.47 Å². The smallest absolute Gasteiger partial charge is 0.245 e. The highest BCUT2D eigenvalue weighted by Crippen LogP contribution is 2.17. The van der Waals surface area contributed by atoms with E-state index in [1.807, 2.05) is 19.1 Å². The van der Waals surface area contributed by atoms with Gasteiger partial charge in [0, 0.05) is 0 Å². The van der Waals surface area contributed by atoms with Crippen molar-refractivity contribution < 1.29 is 19.1 Å². The molecule has 1 N–H and O–H groups in total. The van der Waals surface area contributed by atoms with Gasteiger partial charge in [-0.3, -0.25) is 9.59 Å². The largest absolute Gasteiger partial charge is 0.497 e. The lowest BCUT2D eigenvalue weighted by Gasteiger charge is -2.31. The maximum Gasteiger partial charge on any atom is 0.245 e. The van der Waals surface area contributed by atoms with Crippen LogP contribution in [0.2, 0.25) is 0 Å². The first kappa shape index (κ1) is 15.2. The monoisotopic (exact) mass is 292 g/mol. The molecule has 1 heterocycles. The minimum absolute atomic E-state index is 0.0459. The van der Waals surface area contributed by atoms with Gasteiger partial charge in [0.2, 0.25) is 11.8 Å². The molecular weight excluding hydrogens is 272 g/mol. The molecule has 0 aliphatic carbocycles. The number of carbonyl (C=O) groups is 2. The molecule has 0 aromatic heterocycles. The first-order valence-electron chi connectivity index (χ1n) is 6.99. The van der Waals surface area contributed by atoms with Gasteiger partial charge in [0.1, 0.15) is 24.1 Å². The van der Waals surface area contributed by atoms with E-state index in [0.29, 0.717) is 25.3 Å². The Labute approximate surface area is 124 Å². The van der Waals surface area contributed by atoms with Crippen LogP contribution in [-0.2, 0) is 9.59 Å². The van der Waals surface area contributed by atoms with E-state index in [1.165, 1.54) is 4.90 Å². The zero-order valence-corrected chi connectivity index (χ0v) is 12.3. The van der Waals surface area contributed by atoms with Crippen molar-refractivity contribution in [2.75, 3.05) is 26.8 Å². The van der Waals surface area contributed by atoms with Crippen molar-refractivity contribution in [3.63, 3.8) is 0 Å². The quantitative estimate of drug-likeness (QED) is 0.842. The number of methoxy groups -OCH3 is 1. The Morgan fingerprint density at radius 2 is 1.90 bits per heavy atom. The fraction of sp³-hybridized carbons (Fsp3) is 0.467. The van der Waals surface area contributed by atoms with E-state index in [-0.39, 0.29) is 18.4 Å². The van der Waals surface area contributed by atoms with Gasteiger partial charge in [-0.1, -0.05) is 6.92 Å². The molecule has 0 saturated carbocycles. The van der Waals surface area contributed by atoms with Gasteiger partial charge in [-0.05, 0) is 30.7 Å². The van der Waals surface area contributed by atoms with Crippen LogP contribution < -0.4 is 14.8 Å². The lowest BCUT2D eigenvalue weighted by Crippen LogP contribution is -2.58. The van der Waals surface area contributed by atoms with E-state index in [2.05, 4.69) is 5.32 Å². The lowest BCUT2D eigenvalue weighted by molar-refractivity contribution is -0.144. The third-order valence-corrected chi connectivity index (χ3v) is 3.38. The number of ether oxygens (including phenoxy) is 2. The third kappa shape index (κ3) is 3.87. The Kier molecular flexibility index (Phi) is 5.03. The van der Waals surface area contributed by atoms with Crippen LogP contribution in [0.4, 0.5) is 0 Å². The van der Waals surface area contributed by atoms with E-state index in [0.717, 1.165) is 5.75 Å². The Balaban J connectivity index is 1.84. The van der Waals surface area contributed by atoms with E-state index < -0.39 is 6.04 Å². The molecule has 114 valence electrons. The van der Waals surface area contributed by atoms with Gasteiger partial charge in [0.05, 0.1) is 20.2 Å². The SMILES string of the molecule is CCC1NC(=O)CN(CCOc2ccc(OC)cc2)C1=O. The minimum Gasteiger partial charge on any atom is -0.497 e. The van der Waals surface area contributed by atoms with Crippen molar-refractivity contribution in [2.45, 2.75) is 19.4 Å². The number of hydrogen-bond donors (Lipinski definition) is 1. The highest BCUT2D eigenvalue weighted by molar-refractivity contribution is 5.94. The third-order valence-electron chi connectivity index (χ3n) is 3.38. The predicted octanol–water partition coefficient (Wildman–Crippen LogP) is 0.811. The molecule has 1 aromatic carbocycles. The molecule has 6 nitrogen and oxygen atoms in total. The van der Waals surface area contributed by atoms with Crippen molar-refractivity contribution in [2.24, 2.45) is 0 Å². The normalized spacial score (nSPS) is 18.4. The van der Waals surface area contributed by atoms with Gasteiger partial charge in [-0.15, -0.1) is 0 Å². The van der Waals surface area contributed by atoms with Gasteiger partial charge in [0.25, 0.3) is 0 Å². The van der Waals surface area contributed by atoms with Gasteiger partial charge in [0.15, 0.2) is 0 Å². The Morgan fingerprint density at radius 3 is 2.52 bits per heavy atom. The summed E-state index contributed by atoms with van der Waals surface area (Å²) in [5, 5.41) is 2.68. The number of benzene rings is 1. The van der Waals surface area contributed by atoms with Crippen LogP contribution in [0.3, 0.4) is 0 Å². The van der Waals surface area contributed by atoms with Crippen molar-refractivity contribution in [1.29, 1.82) is 0 Å². The number of rotatable bonds is 6. The van der Waals surface area contributed by atoms with E-state index >= 15 is 0 Å². The molecule has 1 aromatic rings. The van der Waals surface area contributed by atoms with Crippen LogP contribution in [0.15, 0.2) is 24.3 Å². The zero-order chi connectivity index (χ0) is 15.2. The number of carbonyl (C=O) groups excluding carboxylic acids is 2. The topological polar surface area (TPSA) is 67.9 Å². The number of amides is 2. The number of nitrogens with zero attached hydrogens (tertiary/aromatic N) is 1. The molecule has 21 heavy (non-hydrogen) atoms. The fourth-order valence-corrected chi connectivity index (χ4v) is 2.18. The van der Waals surface area contributed by atoms with Gasteiger partial charge in [-0.25, -0.2) is 0 Å². The molecular formula is C15H20N2O4. The summed E-state index contributed by atoms with van der Waals surface area (Å²) in [5.41, 5.74) is 0. The molecule has 2 amide bonds. The minimum atomic E-state index is -0.410. The number of hydrogen-bond acceptors (Lipinski definition) is 4. The second-order valence-electron chi connectivity index (χ2n) is 4.81. The molecule has 6 heteroatoms. The van der Waals surface area contributed by atoms with Crippen LogP contribution in [0.25, 0.3) is 0 Å². The Bertz CT molecular complexity index is 501. The summed E-state index contributed by atoms with van der Waals surface area (Å²) in [5.74, 6) is 1.30. The number of piperazine rings is 1. The van der Waals surface area contributed by atoms with Gasteiger partial charge < -0.3 is 19.7 Å². The summed E-state index contributed by atoms with van der Waals surface area (Å²) in [6, 6.07) is 6.81. The zero-order valence-electron chi connectivity index (χ0n) is 12.3. The van der Waals surface area contributed by atoms with Crippen molar-refractivity contribution in [3.8, 4) is 11.5 Å². The second kappa shape index (κ2) is 6.97. The first-order valence-corrected chi connectivity index (χ1v) is 6.99. The summed E-state index contributed by atoms with van der Waals surface area (Å²) < 4.78 is 10.6. The molecule has 1 atom stereocenters. The highest BCUT2D eigenvalue weighted by atomic mass is 16.5. The molecule has 1 aliphatic rings. The van der Waals surface area contributed by atoms with Crippen LogP contribution >= 0.6 is 0 Å². The predicted molar refractivity (Wildman–Crippen MR) is 77.3 cm³/mol. The summed E-state index contributed by atoms with van der Waals surface area (Å²) >= 11 is 0. The highest BCUT2D eigenvalue weighted by Gasteiger charge is 2.30. The second-order valence-corrected chi connectivity index (χ2v) is 4.81. The number of nitrogens with one attached hydrogen (secondary N) is 1. The maximum absolute atomic E-state index is 12.1. The van der Waals surface area contributed by atoms with Gasteiger partial charge in [-0.2, -0.15) is 0 Å². The summed E-state index contributed by atoms with van der Waals surface area (Å²) in [4.78, 5) is 25.1. The molecule has 0 spiro atoms. The molecule has 1 unspecified atom stereocenters. The Hall–Kier alpha value is -2.24. The summed E-state index contributed by atoms with van der Waals surface area (Å²) in [7, 11) is 1.60. The van der Waals surface area contributed by atoms with Crippen molar-refractivity contribution >= 4 is 11.8 Å². The molecule has 2 rings (SSSR count). The average Bonchev–Trinajstić information content (AvgIpc) is 2.51. The lowest BCUT2D eigenvalue weighted by atomic mass is 10.1. The van der Waals surface area contributed by atoms with E-state index in [1.54, 1.807) is 19.2 Å². The molecule has 1 aliphatic heterocycles. The van der Waals surface area contributed by atoms with Crippen LogP contribution in [0.5, 0.6) is 11.5 Å². The van der Waals surface area contributed by atoms with Crippen molar-refractivity contribution in [3.05, 3.63) is 24.3 Å². The van der Waals surface area contributed by atoms with Crippen molar-refractivity contribution in [1.82, 2.24) is 10.2 Å². The standard InChI is InChI=1S/C15H20N2O4/c1-3-13-15(19)17(10-14(18)16-13)8-9-21-12-6-4-11(20-2)5-7-12/h4-7,13H,3,8-10H2,1-2H3,(H,16,18). The molecule has 1 fully saturated rings. The fourth-order valence-electron chi connectivity index (χ4n) is 2.18. The van der Waals surface area contributed by atoms with Gasteiger partial charge >= 0.3 is 0 Å². The Morgan fingerprint density at radius 1 is 1.24 bits per heavy atom. The molecule has 1 saturated heterocycles. The summed E-state index contributed by atoms with van der Waals surface area (Å²) in [6.45, 7) is 2.72. The van der Waals surface area contributed by atoms with E-state index in [9.17, 15) is 9.59 Å². The summed E-state index contributed by atoms with van der Waals surface area (Å²) in [6.07, 6.45) is 0.598.